The van der Waals surface area contributed by atoms with E-state index in [0.29, 0.717) is 0 Å². The van der Waals surface area contributed by atoms with Gasteiger partial charge in [-0.05, 0) is 11.6 Å². The third kappa shape index (κ3) is 3.27. The second-order valence-electron chi connectivity index (χ2n) is 4.07. The lowest BCUT2D eigenvalue weighted by atomic mass is 10.1. The van der Waals surface area contributed by atoms with Crippen LogP contribution >= 0.6 is 0 Å². The molecule has 0 spiro atoms. The number of benzene rings is 1. The van der Waals surface area contributed by atoms with Gasteiger partial charge in [-0.1, -0.05) is 30.3 Å². The average Bonchev–Trinajstić information content (AvgIpc) is 2.44. The molecule has 0 radical (unpaired) electrons. The number of aliphatic hydroxyl groups is 1. The maximum absolute atomic E-state index is 12.8. The van der Waals surface area contributed by atoms with E-state index in [1.54, 1.807) is 24.3 Å². The van der Waals surface area contributed by atoms with Crippen molar-refractivity contribution in [2.24, 2.45) is 0 Å². The summed E-state index contributed by atoms with van der Waals surface area (Å²) in [7, 11) is 0. The highest BCUT2D eigenvalue weighted by Crippen LogP contribution is 2.35. The molecule has 6 heteroatoms. The number of nitrogens with zero attached hydrogens (tertiary/aromatic N) is 1. The minimum absolute atomic E-state index is 0.0855. The third-order valence-electron chi connectivity index (χ3n) is 2.70. The lowest BCUT2D eigenvalue weighted by molar-refractivity contribution is -0.138. The van der Waals surface area contributed by atoms with Crippen molar-refractivity contribution >= 4 is 0 Å². The summed E-state index contributed by atoms with van der Waals surface area (Å²) in [6.45, 7) is -0.699. The first-order chi connectivity index (χ1) is 9.52. The Morgan fingerprint density at radius 3 is 2.40 bits per heavy atom. The van der Waals surface area contributed by atoms with E-state index in [0.717, 1.165) is 17.8 Å². The summed E-state index contributed by atoms with van der Waals surface area (Å²) in [5, 5.41) is 9.14. The highest BCUT2D eigenvalue weighted by Gasteiger charge is 2.34. The van der Waals surface area contributed by atoms with Crippen LogP contribution in [0.2, 0.25) is 0 Å². The van der Waals surface area contributed by atoms with Crippen LogP contribution in [0.5, 0.6) is 5.88 Å². The number of alkyl halides is 3. The summed E-state index contributed by atoms with van der Waals surface area (Å²) >= 11 is 0. The zero-order valence-electron chi connectivity index (χ0n) is 10.4. The van der Waals surface area contributed by atoms with Crippen molar-refractivity contribution in [1.82, 2.24) is 4.98 Å². The van der Waals surface area contributed by atoms with Crippen molar-refractivity contribution < 1.29 is 23.0 Å². The van der Waals surface area contributed by atoms with Gasteiger partial charge in [-0.15, -0.1) is 0 Å². The van der Waals surface area contributed by atoms with Crippen LogP contribution in [0.3, 0.4) is 0 Å². The van der Waals surface area contributed by atoms with Crippen LogP contribution in [0, 0.1) is 0 Å². The highest BCUT2D eigenvalue weighted by molar-refractivity contribution is 5.36. The van der Waals surface area contributed by atoms with E-state index in [1.165, 1.54) is 0 Å². The van der Waals surface area contributed by atoms with Gasteiger partial charge in [-0.25, -0.2) is 4.98 Å². The van der Waals surface area contributed by atoms with E-state index in [-0.39, 0.29) is 18.1 Å². The zero-order valence-corrected chi connectivity index (χ0v) is 10.4. The van der Waals surface area contributed by atoms with Gasteiger partial charge in [0.2, 0.25) is 5.88 Å². The summed E-state index contributed by atoms with van der Waals surface area (Å²) in [5.74, 6) is -0.203. The van der Waals surface area contributed by atoms with E-state index in [2.05, 4.69) is 4.98 Å². The molecule has 1 N–H and O–H groups in total. The molecule has 0 fully saturated rings. The molecule has 0 saturated heterocycles. The van der Waals surface area contributed by atoms with Crippen LogP contribution in [0.1, 0.15) is 16.7 Å². The molecule has 0 aliphatic carbocycles. The predicted molar refractivity (Wildman–Crippen MR) is 65.9 cm³/mol. The molecule has 106 valence electrons. The quantitative estimate of drug-likeness (QED) is 0.937. The number of ether oxygens (including phenoxy) is 1. The number of aliphatic hydroxyl groups excluding tert-OH is 1. The standard InChI is InChI=1S/C14H12F3NO2/c15-14(16,17)12-6-7-18-13(11(12)8-19)20-9-10-4-2-1-3-5-10/h1-7,19H,8-9H2. The molecule has 0 aliphatic heterocycles. The first-order valence-corrected chi connectivity index (χ1v) is 5.85. The van der Waals surface area contributed by atoms with Crippen molar-refractivity contribution in [2.75, 3.05) is 0 Å². The molecule has 1 heterocycles. The molecular weight excluding hydrogens is 271 g/mol. The Balaban J connectivity index is 2.24. The van der Waals surface area contributed by atoms with Crippen molar-refractivity contribution in [2.45, 2.75) is 19.4 Å². The van der Waals surface area contributed by atoms with Gasteiger partial charge in [0, 0.05) is 6.20 Å². The van der Waals surface area contributed by atoms with Gasteiger partial charge in [-0.2, -0.15) is 13.2 Å². The fourth-order valence-corrected chi connectivity index (χ4v) is 1.74. The molecule has 0 unspecified atom stereocenters. The number of pyridine rings is 1. The average molecular weight is 283 g/mol. The third-order valence-corrected chi connectivity index (χ3v) is 2.70. The van der Waals surface area contributed by atoms with Gasteiger partial charge in [0.05, 0.1) is 17.7 Å². The van der Waals surface area contributed by atoms with Crippen LogP contribution in [-0.4, -0.2) is 10.1 Å². The van der Waals surface area contributed by atoms with Crippen LogP contribution < -0.4 is 4.74 Å². The van der Waals surface area contributed by atoms with Gasteiger partial charge in [0.25, 0.3) is 0 Å². The molecule has 0 bridgehead atoms. The van der Waals surface area contributed by atoms with Crippen LogP contribution in [0.25, 0.3) is 0 Å². The molecule has 20 heavy (non-hydrogen) atoms. The van der Waals surface area contributed by atoms with Crippen LogP contribution in [-0.2, 0) is 19.4 Å². The number of hydrogen-bond donors (Lipinski definition) is 1. The number of halogens is 3. The Bertz CT molecular complexity index is 570. The number of aromatic nitrogens is 1. The molecule has 0 aliphatic rings. The molecule has 2 rings (SSSR count). The number of rotatable bonds is 4. The lowest BCUT2D eigenvalue weighted by Crippen LogP contribution is -2.12. The van der Waals surface area contributed by atoms with E-state index in [9.17, 15) is 13.2 Å². The second kappa shape index (κ2) is 5.92. The minimum atomic E-state index is -4.55. The molecule has 0 atom stereocenters. The van der Waals surface area contributed by atoms with E-state index >= 15 is 0 Å². The largest absolute Gasteiger partial charge is 0.473 e. The van der Waals surface area contributed by atoms with Crippen molar-refractivity contribution in [3.8, 4) is 5.88 Å². The van der Waals surface area contributed by atoms with Gasteiger partial charge in [-0.3, -0.25) is 0 Å². The lowest BCUT2D eigenvalue weighted by Gasteiger charge is -2.14. The van der Waals surface area contributed by atoms with Gasteiger partial charge in [0.15, 0.2) is 0 Å². The second-order valence-corrected chi connectivity index (χ2v) is 4.07. The van der Waals surface area contributed by atoms with Crippen molar-refractivity contribution in [1.29, 1.82) is 0 Å². The summed E-state index contributed by atoms with van der Waals surface area (Å²) in [5.41, 5.74) is -0.482. The van der Waals surface area contributed by atoms with Gasteiger partial charge < -0.3 is 9.84 Å². The summed E-state index contributed by atoms with van der Waals surface area (Å²) in [6.07, 6.45) is -3.53. The van der Waals surface area contributed by atoms with Crippen molar-refractivity contribution in [3.63, 3.8) is 0 Å². The van der Waals surface area contributed by atoms with Crippen molar-refractivity contribution in [3.05, 3.63) is 59.3 Å². The predicted octanol–water partition coefficient (Wildman–Crippen LogP) is 3.17. The highest BCUT2D eigenvalue weighted by atomic mass is 19.4. The first kappa shape index (κ1) is 14.3. The Labute approximate surface area is 113 Å². The maximum atomic E-state index is 12.8. The molecule has 1 aromatic heterocycles. The Kier molecular flexibility index (Phi) is 4.24. The minimum Gasteiger partial charge on any atom is -0.473 e. The summed E-state index contributed by atoms with van der Waals surface area (Å²) in [4.78, 5) is 3.76. The molecule has 1 aromatic carbocycles. The van der Waals surface area contributed by atoms with Crippen LogP contribution in [0.4, 0.5) is 13.2 Å². The fourth-order valence-electron chi connectivity index (χ4n) is 1.74. The molecule has 0 amide bonds. The smallest absolute Gasteiger partial charge is 0.417 e. The molecule has 3 nitrogen and oxygen atoms in total. The van der Waals surface area contributed by atoms with E-state index in [1.807, 2.05) is 6.07 Å². The zero-order chi connectivity index (χ0) is 14.6. The molecular formula is C14H12F3NO2. The number of hydrogen-bond acceptors (Lipinski definition) is 3. The fraction of sp³-hybridized carbons (Fsp3) is 0.214. The normalized spacial score (nSPS) is 11.4. The SMILES string of the molecule is OCc1c(C(F)(F)F)ccnc1OCc1ccccc1. The van der Waals surface area contributed by atoms with Gasteiger partial charge in [0.1, 0.15) is 6.61 Å². The van der Waals surface area contributed by atoms with E-state index in [4.69, 9.17) is 9.84 Å². The topological polar surface area (TPSA) is 42.4 Å². The van der Waals surface area contributed by atoms with Gasteiger partial charge >= 0.3 is 6.18 Å². The summed E-state index contributed by atoms with van der Waals surface area (Å²) < 4.78 is 43.6. The van der Waals surface area contributed by atoms with Crippen LogP contribution in [0.15, 0.2) is 42.6 Å². The monoisotopic (exact) mass is 283 g/mol. The Hall–Kier alpha value is -2.08. The van der Waals surface area contributed by atoms with E-state index < -0.39 is 18.3 Å². The molecule has 0 saturated carbocycles. The maximum Gasteiger partial charge on any atom is 0.417 e. The first-order valence-electron chi connectivity index (χ1n) is 5.85. The summed E-state index contributed by atoms with van der Waals surface area (Å²) in [6, 6.07) is 9.81. The Morgan fingerprint density at radius 2 is 1.80 bits per heavy atom. The Morgan fingerprint density at radius 1 is 1.10 bits per heavy atom. The molecule has 2 aromatic rings.